The molecule has 0 spiro atoms. The van der Waals surface area contributed by atoms with Gasteiger partial charge in [-0.1, -0.05) is 25.1 Å². The highest BCUT2D eigenvalue weighted by molar-refractivity contribution is 7.11. The molecule has 0 amide bonds. The Morgan fingerprint density at radius 3 is 2.73 bits per heavy atom. The molecule has 0 fully saturated rings. The number of nitrogens with zero attached hydrogens (tertiary/aromatic N) is 3. The predicted molar refractivity (Wildman–Crippen MR) is 88.2 cm³/mol. The van der Waals surface area contributed by atoms with Crippen LogP contribution in [0.2, 0.25) is 0 Å². The van der Waals surface area contributed by atoms with Gasteiger partial charge < -0.3 is 9.84 Å². The van der Waals surface area contributed by atoms with Crippen LogP contribution in [0.3, 0.4) is 0 Å². The number of anilines is 1. The molecule has 0 atom stereocenters. The third kappa shape index (κ3) is 3.33. The van der Waals surface area contributed by atoms with Crippen LogP contribution < -0.4 is 5.32 Å². The van der Waals surface area contributed by atoms with Gasteiger partial charge in [0.2, 0.25) is 0 Å². The fourth-order valence-electron chi connectivity index (χ4n) is 2.20. The lowest BCUT2D eigenvalue weighted by Crippen LogP contribution is -2.06. The zero-order valence-corrected chi connectivity index (χ0v) is 13.5. The summed E-state index contributed by atoms with van der Waals surface area (Å²) >= 11 is 1.76. The zero-order valence-electron chi connectivity index (χ0n) is 12.7. The largest absolute Gasteiger partial charge is 0.351 e. The third-order valence-corrected chi connectivity index (χ3v) is 4.41. The van der Waals surface area contributed by atoms with E-state index in [4.69, 9.17) is 4.52 Å². The van der Waals surface area contributed by atoms with Gasteiger partial charge in [0.25, 0.3) is 11.8 Å². The van der Waals surface area contributed by atoms with Gasteiger partial charge in [-0.25, -0.2) is 4.98 Å². The van der Waals surface area contributed by atoms with Gasteiger partial charge in [0.05, 0.1) is 10.7 Å². The minimum atomic E-state index is 0.517. The highest BCUT2D eigenvalue weighted by Crippen LogP contribution is 2.19. The highest BCUT2D eigenvalue weighted by Gasteiger charge is 2.09. The molecule has 6 heteroatoms. The van der Waals surface area contributed by atoms with Gasteiger partial charge >= 0.3 is 0 Å². The van der Waals surface area contributed by atoms with Crippen LogP contribution in [0.5, 0.6) is 0 Å². The average molecular weight is 314 g/mol. The number of thiazole rings is 1. The Morgan fingerprint density at radius 1 is 1.18 bits per heavy atom. The molecule has 0 bridgehead atoms. The van der Waals surface area contributed by atoms with Crippen LogP contribution in [0.1, 0.15) is 22.5 Å². The summed E-state index contributed by atoms with van der Waals surface area (Å²) in [5.41, 5.74) is 2.12. The van der Waals surface area contributed by atoms with Gasteiger partial charge in [0.15, 0.2) is 0 Å². The number of hydrogen-bond acceptors (Lipinski definition) is 6. The van der Waals surface area contributed by atoms with Crippen LogP contribution in [-0.4, -0.2) is 21.7 Å². The van der Waals surface area contributed by atoms with Crippen LogP contribution in [0, 0.1) is 6.92 Å². The minimum absolute atomic E-state index is 0.517. The smallest absolute Gasteiger partial charge is 0.263 e. The van der Waals surface area contributed by atoms with E-state index in [9.17, 15) is 0 Å². The van der Waals surface area contributed by atoms with Crippen molar-refractivity contribution >= 4 is 17.3 Å². The quantitative estimate of drug-likeness (QED) is 0.751. The average Bonchev–Trinajstić information content (AvgIpc) is 3.15. The molecule has 0 aliphatic carbocycles. The Labute approximate surface area is 133 Å². The molecular weight excluding hydrogens is 296 g/mol. The lowest BCUT2D eigenvalue weighted by molar-refractivity contribution is 0.432. The summed E-state index contributed by atoms with van der Waals surface area (Å²) in [6, 6.07) is 9.74. The first-order chi connectivity index (χ1) is 10.8. The van der Waals surface area contributed by atoms with E-state index in [0.29, 0.717) is 11.8 Å². The van der Waals surface area contributed by atoms with Crippen LogP contribution in [-0.2, 0) is 12.8 Å². The van der Waals surface area contributed by atoms with Crippen LogP contribution in [0.25, 0.3) is 11.5 Å². The molecule has 1 aromatic carbocycles. The van der Waals surface area contributed by atoms with Gasteiger partial charge in [-0.2, -0.15) is 4.98 Å². The molecule has 0 aliphatic rings. The van der Waals surface area contributed by atoms with E-state index in [-0.39, 0.29) is 0 Å². The van der Waals surface area contributed by atoms with Crippen molar-refractivity contribution in [1.82, 2.24) is 15.1 Å². The molecule has 1 N–H and O–H groups in total. The minimum Gasteiger partial charge on any atom is -0.351 e. The number of aryl methyl sites for hydroxylation is 2. The monoisotopic (exact) mass is 314 g/mol. The van der Waals surface area contributed by atoms with Crippen LogP contribution in [0.4, 0.5) is 5.95 Å². The number of rotatable bonds is 6. The second-order valence-electron chi connectivity index (χ2n) is 4.93. The maximum atomic E-state index is 5.26. The molecule has 2 aromatic heterocycles. The zero-order chi connectivity index (χ0) is 15.4. The molecule has 5 nitrogen and oxygen atoms in total. The van der Waals surface area contributed by atoms with Gasteiger partial charge in [0.1, 0.15) is 0 Å². The van der Waals surface area contributed by atoms with Gasteiger partial charge in [-0.15, -0.1) is 11.3 Å². The van der Waals surface area contributed by atoms with E-state index in [0.717, 1.165) is 30.0 Å². The lowest BCUT2D eigenvalue weighted by Gasteiger charge is -1.97. The molecule has 3 rings (SSSR count). The van der Waals surface area contributed by atoms with E-state index < -0.39 is 0 Å². The normalized spacial score (nSPS) is 10.8. The molecule has 0 saturated carbocycles. The number of benzene rings is 1. The van der Waals surface area contributed by atoms with E-state index in [1.165, 1.54) is 10.6 Å². The van der Waals surface area contributed by atoms with E-state index >= 15 is 0 Å². The predicted octanol–water partition coefficient (Wildman–Crippen LogP) is 3.72. The summed E-state index contributed by atoms with van der Waals surface area (Å²) < 4.78 is 5.26. The summed E-state index contributed by atoms with van der Waals surface area (Å²) in [4.78, 5) is 10.3. The molecular formula is C16H18N4OS. The molecule has 0 aliphatic heterocycles. The second-order valence-corrected chi connectivity index (χ2v) is 6.22. The summed E-state index contributed by atoms with van der Waals surface area (Å²) in [6.45, 7) is 5.00. The molecule has 0 saturated heterocycles. The van der Waals surface area contributed by atoms with Crippen molar-refractivity contribution in [3.63, 3.8) is 0 Å². The summed E-state index contributed by atoms with van der Waals surface area (Å²) in [5.74, 6) is 1.05. The number of hydrogen-bond donors (Lipinski definition) is 1. The van der Waals surface area contributed by atoms with Crippen molar-refractivity contribution in [2.75, 3.05) is 11.9 Å². The summed E-state index contributed by atoms with van der Waals surface area (Å²) in [5, 5.41) is 8.28. The van der Waals surface area contributed by atoms with Crippen molar-refractivity contribution in [3.05, 3.63) is 45.9 Å². The first-order valence-electron chi connectivity index (χ1n) is 7.34. The summed E-state index contributed by atoms with van der Waals surface area (Å²) in [7, 11) is 0. The van der Waals surface area contributed by atoms with Crippen LogP contribution in [0.15, 0.2) is 34.9 Å². The second kappa shape index (κ2) is 6.70. The Hall–Kier alpha value is -2.21. The fourth-order valence-corrected chi connectivity index (χ4v) is 3.22. The Bertz CT molecular complexity index is 736. The van der Waals surface area contributed by atoms with Crippen molar-refractivity contribution < 1.29 is 4.52 Å². The topological polar surface area (TPSA) is 63.8 Å². The maximum Gasteiger partial charge on any atom is 0.263 e. The molecule has 2 heterocycles. The lowest BCUT2D eigenvalue weighted by atomic mass is 10.2. The van der Waals surface area contributed by atoms with Crippen molar-refractivity contribution in [2.24, 2.45) is 0 Å². The number of aromatic nitrogens is 3. The van der Waals surface area contributed by atoms with Gasteiger partial charge in [-0.05, 0) is 30.6 Å². The Kier molecular flexibility index (Phi) is 4.48. The van der Waals surface area contributed by atoms with E-state index in [1.807, 2.05) is 30.3 Å². The molecule has 114 valence electrons. The SMILES string of the molecule is CCc1nc(CCNc2noc(-c3ccccc3)n2)sc1C. The van der Waals surface area contributed by atoms with Crippen molar-refractivity contribution in [3.8, 4) is 11.5 Å². The fraction of sp³-hybridized carbons (Fsp3) is 0.312. The summed E-state index contributed by atoms with van der Waals surface area (Å²) in [6.07, 6.45) is 1.85. The molecule has 22 heavy (non-hydrogen) atoms. The van der Waals surface area contributed by atoms with Crippen molar-refractivity contribution in [2.45, 2.75) is 26.7 Å². The molecule has 0 radical (unpaired) electrons. The third-order valence-electron chi connectivity index (χ3n) is 3.34. The van der Waals surface area contributed by atoms with E-state index in [2.05, 4.69) is 34.3 Å². The van der Waals surface area contributed by atoms with E-state index in [1.54, 1.807) is 11.3 Å². The maximum absolute atomic E-state index is 5.26. The first-order valence-corrected chi connectivity index (χ1v) is 8.16. The first kappa shape index (κ1) is 14.7. The van der Waals surface area contributed by atoms with Crippen molar-refractivity contribution in [1.29, 1.82) is 0 Å². The van der Waals surface area contributed by atoms with Gasteiger partial charge in [0, 0.05) is 23.4 Å². The Morgan fingerprint density at radius 2 is 2.00 bits per heavy atom. The number of nitrogens with one attached hydrogen (secondary N) is 1. The molecule has 3 aromatic rings. The van der Waals surface area contributed by atoms with Gasteiger partial charge in [-0.3, -0.25) is 0 Å². The molecule has 0 unspecified atom stereocenters. The van der Waals surface area contributed by atoms with Crippen LogP contribution >= 0.6 is 11.3 Å². The Balaban J connectivity index is 1.57. The highest BCUT2D eigenvalue weighted by atomic mass is 32.1. The standard InChI is InChI=1S/C16H18N4OS/c1-3-13-11(2)22-14(18-13)9-10-17-16-19-15(21-20-16)12-7-5-4-6-8-12/h4-8H,3,9-10H2,1-2H3,(H,17,20).